The van der Waals surface area contributed by atoms with Crippen LogP contribution in [0.5, 0.6) is 17.2 Å². The van der Waals surface area contributed by atoms with E-state index in [9.17, 15) is 31.1 Å². The van der Waals surface area contributed by atoms with Gasteiger partial charge in [0.25, 0.3) is 0 Å². The molecule has 2 heterocycles. The molecule has 1 fully saturated rings. The third-order valence-corrected chi connectivity index (χ3v) is 6.08. The molecule has 1 aliphatic rings. The number of halogens is 6. The van der Waals surface area contributed by atoms with E-state index in [0.29, 0.717) is 55.8 Å². The topological polar surface area (TPSA) is 63.8 Å². The molecule has 0 aliphatic carbocycles. The summed E-state index contributed by atoms with van der Waals surface area (Å²) in [7, 11) is 1.02. The van der Waals surface area contributed by atoms with Gasteiger partial charge in [-0.1, -0.05) is 0 Å². The lowest BCUT2D eigenvalue weighted by Gasteiger charge is -2.31. The molecule has 1 saturated heterocycles. The van der Waals surface area contributed by atoms with Gasteiger partial charge < -0.3 is 24.1 Å². The average Bonchev–Trinajstić information content (AvgIpc) is 2.85. The molecular weight excluding hydrogens is 506 g/mol. The molecule has 1 N–H and O–H groups in total. The van der Waals surface area contributed by atoms with Crippen molar-refractivity contribution in [3.05, 3.63) is 68.8 Å². The Bertz CT molecular complexity index is 1400. The summed E-state index contributed by atoms with van der Waals surface area (Å²) in [6.07, 6.45) is -5.09. The van der Waals surface area contributed by atoms with Gasteiger partial charge in [-0.15, -0.1) is 0 Å². The second-order valence-corrected chi connectivity index (χ2v) is 8.35. The molecule has 37 heavy (non-hydrogen) atoms. The summed E-state index contributed by atoms with van der Waals surface area (Å²) in [4.78, 5) is 18.0. The predicted octanol–water partition coefficient (Wildman–Crippen LogP) is 5.73. The molecule has 198 valence electrons. The first-order chi connectivity index (χ1) is 17.4. The zero-order valence-corrected chi connectivity index (χ0v) is 20.0. The Morgan fingerprint density at radius 1 is 1.00 bits per heavy atom. The number of rotatable bonds is 5. The highest BCUT2D eigenvalue weighted by Crippen LogP contribution is 2.44. The van der Waals surface area contributed by atoms with Gasteiger partial charge in [-0.3, -0.25) is 4.79 Å². The van der Waals surface area contributed by atoms with E-state index in [1.807, 2.05) is 0 Å². The zero-order valence-electron chi connectivity index (χ0n) is 20.0. The second-order valence-electron chi connectivity index (χ2n) is 8.35. The van der Waals surface area contributed by atoms with Gasteiger partial charge in [0.15, 0.2) is 11.6 Å². The number of hydrogen-bond acceptors (Lipinski definition) is 5. The standard InChI is InChI=1S/C25H22F6N2O4/c1-12-13(2)32-21(22(23(12)34)33-6-8-36-9-7-33)14-10-17(27)15(25(29,30)31)11-19(14)37-18-5-4-16(26)20(28)24(18)35-3/h4-5,10-11H,6-9H2,1-3H3,(H,32,34). The summed E-state index contributed by atoms with van der Waals surface area (Å²) in [5.41, 5.74) is -1.45. The summed E-state index contributed by atoms with van der Waals surface area (Å²) in [5, 5.41) is 0. The summed E-state index contributed by atoms with van der Waals surface area (Å²) in [5.74, 6) is -6.03. The van der Waals surface area contributed by atoms with Crippen LogP contribution in [0.15, 0.2) is 29.1 Å². The van der Waals surface area contributed by atoms with E-state index in [1.54, 1.807) is 18.7 Å². The molecule has 3 aromatic rings. The van der Waals surface area contributed by atoms with E-state index in [0.717, 1.165) is 13.2 Å². The molecule has 12 heteroatoms. The van der Waals surface area contributed by atoms with Gasteiger partial charge in [-0.25, -0.2) is 8.78 Å². The second kappa shape index (κ2) is 10.0. The molecule has 0 bridgehead atoms. The fraction of sp³-hybridized carbons (Fsp3) is 0.320. The number of anilines is 1. The summed E-state index contributed by atoms with van der Waals surface area (Å²) in [6, 6.07) is 2.66. The van der Waals surface area contributed by atoms with Crippen molar-refractivity contribution in [1.82, 2.24) is 4.98 Å². The molecular formula is C25H22F6N2O4. The number of methoxy groups -OCH3 is 1. The van der Waals surface area contributed by atoms with E-state index in [-0.39, 0.29) is 16.9 Å². The maximum Gasteiger partial charge on any atom is 0.419 e. The first kappa shape index (κ1) is 26.4. The number of nitrogens with one attached hydrogen (secondary N) is 1. The van der Waals surface area contributed by atoms with Gasteiger partial charge in [0.1, 0.15) is 17.3 Å². The number of benzene rings is 2. The molecule has 0 unspecified atom stereocenters. The molecule has 4 rings (SSSR count). The minimum absolute atomic E-state index is 0.000764. The van der Waals surface area contributed by atoms with Crippen molar-refractivity contribution in [3.8, 4) is 28.5 Å². The van der Waals surface area contributed by atoms with Gasteiger partial charge in [-0.05, 0) is 38.1 Å². The van der Waals surface area contributed by atoms with Crippen molar-refractivity contribution in [3.63, 3.8) is 0 Å². The third-order valence-electron chi connectivity index (χ3n) is 6.08. The molecule has 0 atom stereocenters. The van der Waals surface area contributed by atoms with Crippen molar-refractivity contribution in [2.75, 3.05) is 38.3 Å². The highest BCUT2D eigenvalue weighted by atomic mass is 19.4. The summed E-state index contributed by atoms with van der Waals surface area (Å²) < 4.78 is 99.5. The highest BCUT2D eigenvalue weighted by Gasteiger charge is 2.36. The van der Waals surface area contributed by atoms with Gasteiger partial charge in [-0.2, -0.15) is 17.6 Å². The normalized spacial score (nSPS) is 14.1. The number of alkyl halides is 3. The molecule has 1 aromatic heterocycles. The van der Waals surface area contributed by atoms with E-state index < -0.39 is 51.9 Å². The fourth-order valence-corrected chi connectivity index (χ4v) is 4.04. The number of nitrogens with zero attached hydrogens (tertiary/aromatic N) is 1. The number of hydrogen-bond donors (Lipinski definition) is 1. The lowest BCUT2D eigenvalue weighted by Crippen LogP contribution is -2.40. The van der Waals surface area contributed by atoms with Crippen molar-refractivity contribution in [2.24, 2.45) is 0 Å². The van der Waals surface area contributed by atoms with Gasteiger partial charge >= 0.3 is 6.18 Å². The Hall–Kier alpha value is -3.67. The number of ether oxygens (including phenoxy) is 3. The summed E-state index contributed by atoms with van der Waals surface area (Å²) >= 11 is 0. The Balaban J connectivity index is 2.01. The number of morpholine rings is 1. The Labute approximate surface area is 207 Å². The number of aromatic nitrogens is 1. The van der Waals surface area contributed by atoms with E-state index in [2.05, 4.69) is 4.98 Å². The van der Waals surface area contributed by atoms with E-state index >= 15 is 0 Å². The number of aryl methyl sites for hydroxylation is 1. The lowest BCUT2D eigenvalue weighted by molar-refractivity contribution is -0.140. The van der Waals surface area contributed by atoms with Crippen molar-refractivity contribution < 1.29 is 40.6 Å². The maximum absolute atomic E-state index is 14.8. The molecule has 6 nitrogen and oxygen atoms in total. The molecule has 0 amide bonds. The zero-order chi connectivity index (χ0) is 27.1. The average molecular weight is 528 g/mol. The molecule has 0 spiro atoms. The fourth-order valence-electron chi connectivity index (χ4n) is 4.04. The van der Waals surface area contributed by atoms with Crippen LogP contribution in [0.1, 0.15) is 16.8 Å². The van der Waals surface area contributed by atoms with Crippen LogP contribution >= 0.6 is 0 Å². The van der Waals surface area contributed by atoms with E-state index in [4.69, 9.17) is 14.2 Å². The smallest absolute Gasteiger partial charge is 0.419 e. The number of pyridine rings is 1. The Morgan fingerprint density at radius 2 is 1.68 bits per heavy atom. The van der Waals surface area contributed by atoms with Crippen LogP contribution in [0.3, 0.4) is 0 Å². The highest BCUT2D eigenvalue weighted by molar-refractivity contribution is 5.81. The van der Waals surface area contributed by atoms with Crippen LogP contribution in [0.25, 0.3) is 11.3 Å². The van der Waals surface area contributed by atoms with Gasteiger partial charge in [0.2, 0.25) is 17.0 Å². The van der Waals surface area contributed by atoms with Crippen molar-refractivity contribution in [1.29, 1.82) is 0 Å². The predicted molar refractivity (Wildman–Crippen MR) is 123 cm³/mol. The third kappa shape index (κ3) is 4.97. The van der Waals surface area contributed by atoms with Crippen molar-refractivity contribution in [2.45, 2.75) is 20.0 Å². The van der Waals surface area contributed by atoms with Gasteiger partial charge in [0, 0.05) is 29.9 Å². The molecule has 1 aliphatic heterocycles. The number of H-pyrrole nitrogens is 1. The first-order valence-electron chi connectivity index (χ1n) is 11.1. The SMILES string of the molecule is COc1c(Oc2cc(C(F)(F)F)c(F)cc2-c2[nH]c(C)c(C)c(=O)c2N2CCOCC2)ccc(F)c1F. The quantitative estimate of drug-likeness (QED) is 0.429. The van der Waals surface area contributed by atoms with Crippen LogP contribution in [0.4, 0.5) is 32.0 Å². The van der Waals surface area contributed by atoms with Gasteiger partial charge in [0.05, 0.1) is 31.6 Å². The molecule has 0 radical (unpaired) electrons. The molecule has 0 saturated carbocycles. The number of aromatic amines is 1. The van der Waals surface area contributed by atoms with Crippen LogP contribution < -0.4 is 19.8 Å². The van der Waals surface area contributed by atoms with Crippen LogP contribution in [-0.4, -0.2) is 38.4 Å². The Kier molecular flexibility index (Phi) is 7.13. The molecule has 2 aromatic carbocycles. The minimum Gasteiger partial charge on any atom is -0.490 e. The van der Waals surface area contributed by atoms with Crippen molar-refractivity contribution >= 4 is 5.69 Å². The lowest BCUT2D eigenvalue weighted by atomic mass is 10.0. The maximum atomic E-state index is 14.8. The van der Waals surface area contributed by atoms with E-state index in [1.165, 1.54) is 0 Å². The van der Waals surface area contributed by atoms with Crippen LogP contribution in [0, 0.1) is 31.3 Å². The van der Waals surface area contributed by atoms with Crippen LogP contribution in [-0.2, 0) is 10.9 Å². The minimum atomic E-state index is -5.09. The first-order valence-corrected chi connectivity index (χ1v) is 11.1. The van der Waals surface area contributed by atoms with Crippen LogP contribution in [0.2, 0.25) is 0 Å². The summed E-state index contributed by atoms with van der Waals surface area (Å²) in [6.45, 7) is 4.36. The largest absolute Gasteiger partial charge is 0.490 e. The monoisotopic (exact) mass is 528 g/mol. The Morgan fingerprint density at radius 3 is 2.30 bits per heavy atom.